The number of hydrogen-bond acceptors (Lipinski definition) is 4. The maximum atomic E-state index is 13.4. The number of anilines is 1. The normalized spacial score (nSPS) is 17.7. The number of fused-ring (bicyclic) bond motifs is 1. The van der Waals surface area contributed by atoms with Crippen LogP contribution >= 0.6 is 0 Å². The highest BCUT2D eigenvalue weighted by atomic mass is 16.5. The smallest absolute Gasteiger partial charge is 0.264 e. The SMILES string of the molecule is COc1ccc(C(=O)C[C@@]2(O)C(=O)N(Cc3ccccc3C)c3ccccc32)cc1. The van der Waals surface area contributed by atoms with Gasteiger partial charge in [0.2, 0.25) is 0 Å². The molecule has 0 saturated heterocycles. The number of nitrogens with zero attached hydrogens (tertiary/aromatic N) is 1. The van der Waals surface area contributed by atoms with Crippen molar-refractivity contribution in [1.82, 2.24) is 0 Å². The van der Waals surface area contributed by atoms with E-state index in [2.05, 4.69) is 0 Å². The van der Waals surface area contributed by atoms with Crippen molar-refractivity contribution >= 4 is 17.4 Å². The quantitative estimate of drug-likeness (QED) is 0.634. The Balaban J connectivity index is 1.66. The molecule has 0 aromatic heterocycles. The Labute approximate surface area is 175 Å². The first-order valence-electron chi connectivity index (χ1n) is 9.79. The number of ether oxygens (including phenoxy) is 1. The molecule has 0 radical (unpaired) electrons. The van der Waals surface area contributed by atoms with Gasteiger partial charge in [0.05, 0.1) is 25.8 Å². The van der Waals surface area contributed by atoms with E-state index in [-0.39, 0.29) is 12.2 Å². The summed E-state index contributed by atoms with van der Waals surface area (Å²) in [7, 11) is 1.55. The number of hydrogen-bond donors (Lipinski definition) is 1. The Hall–Kier alpha value is -3.44. The highest BCUT2D eigenvalue weighted by Crippen LogP contribution is 2.43. The van der Waals surface area contributed by atoms with E-state index in [4.69, 9.17) is 4.74 Å². The summed E-state index contributed by atoms with van der Waals surface area (Å²) in [5.41, 5.74) is 1.68. The lowest BCUT2D eigenvalue weighted by Crippen LogP contribution is -2.41. The molecule has 30 heavy (non-hydrogen) atoms. The van der Waals surface area contributed by atoms with Crippen LogP contribution in [0.1, 0.15) is 33.5 Å². The summed E-state index contributed by atoms with van der Waals surface area (Å²) < 4.78 is 5.12. The molecule has 1 atom stereocenters. The number of benzene rings is 3. The summed E-state index contributed by atoms with van der Waals surface area (Å²) in [4.78, 5) is 27.8. The van der Waals surface area contributed by atoms with Crippen molar-refractivity contribution in [1.29, 1.82) is 0 Å². The van der Waals surface area contributed by atoms with Gasteiger partial charge in [-0.15, -0.1) is 0 Å². The Morgan fingerprint density at radius 3 is 2.37 bits per heavy atom. The second-order valence-electron chi connectivity index (χ2n) is 7.52. The second-order valence-corrected chi connectivity index (χ2v) is 7.52. The molecule has 1 amide bonds. The highest BCUT2D eigenvalue weighted by molar-refractivity contribution is 6.10. The van der Waals surface area contributed by atoms with Crippen molar-refractivity contribution in [3.8, 4) is 5.75 Å². The van der Waals surface area contributed by atoms with Crippen molar-refractivity contribution in [3.05, 3.63) is 95.1 Å². The summed E-state index contributed by atoms with van der Waals surface area (Å²) in [5.74, 6) is -0.146. The van der Waals surface area contributed by atoms with Crippen LogP contribution in [-0.2, 0) is 16.9 Å². The third kappa shape index (κ3) is 3.37. The molecule has 5 heteroatoms. The van der Waals surface area contributed by atoms with E-state index in [9.17, 15) is 14.7 Å². The zero-order chi connectivity index (χ0) is 21.3. The van der Waals surface area contributed by atoms with Gasteiger partial charge in [-0.1, -0.05) is 42.5 Å². The van der Waals surface area contributed by atoms with Crippen LogP contribution < -0.4 is 9.64 Å². The summed E-state index contributed by atoms with van der Waals surface area (Å²) in [6, 6.07) is 21.6. The molecule has 0 spiro atoms. The summed E-state index contributed by atoms with van der Waals surface area (Å²) >= 11 is 0. The Morgan fingerprint density at radius 1 is 1.00 bits per heavy atom. The van der Waals surface area contributed by atoms with E-state index in [1.165, 1.54) is 0 Å². The van der Waals surface area contributed by atoms with Crippen molar-refractivity contribution in [3.63, 3.8) is 0 Å². The number of para-hydroxylation sites is 1. The number of aliphatic hydroxyl groups is 1. The first-order valence-corrected chi connectivity index (χ1v) is 9.79. The maximum absolute atomic E-state index is 13.4. The molecule has 1 aliphatic rings. The van der Waals surface area contributed by atoms with E-state index in [1.54, 1.807) is 54.5 Å². The summed E-state index contributed by atoms with van der Waals surface area (Å²) in [6.45, 7) is 2.32. The lowest BCUT2D eigenvalue weighted by Gasteiger charge is -2.23. The van der Waals surface area contributed by atoms with E-state index < -0.39 is 11.5 Å². The predicted octanol–water partition coefficient (Wildman–Crippen LogP) is 4.01. The minimum absolute atomic E-state index is 0.305. The van der Waals surface area contributed by atoms with Crippen LogP contribution in [0.5, 0.6) is 5.75 Å². The molecule has 0 saturated carbocycles. The molecule has 3 aromatic rings. The number of Topliss-reactive ketones (excluding diaryl/α,β-unsaturated/α-hetero) is 1. The van der Waals surface area contributed by atoms with E-state index >= 15 is 0 Å². The molecular weight excluding hydrogens is 378 g/mol. The lowest BCUT2D eigenvalue weighted by atomic mass is 9.88. The van der Waals surface area contributed by atoms with Gasteiger partial charge in [0.25, 0.3) is 5.91 Å². The standard InChI is InChI=1S/C25H23NO4/c1-17-7-3-4-8-19(17)16-26-22-10-6-5-9-21(22)25(29,24(26)28)15-23(27)18-11-13-20(30-2)14-12-18/h3-14,29H,15-16H2,1-2H3/t25-/m0/s1. The topological polar surface area (TPSA) is 66.8 Å². The van der Waals surface area contributed by atoms with Crippen LogP contribution in [-0.4, -0.2) is 23.9 Å². The molecular formula is C25H23NO4. The number of rotatable bonds is 6. The van der Waals surface area contributed by atoms with Gasteiger partial charge >= 0.3 is 0 Å². The molecule has 3 aromatic carbocycles. The van der Waals surface area contributed by atoms with Crippen molar-refractivity contribution in [2.75, 3.05) is 12.0 Å². The van der Waals surface area contributed by atoms with Gasteiger partial charge in [-0.3, -0.25) is 9.59 Å². The maximum Gasteiger partial charge on any atom is 0.264 e. The van der Waals surface area contributed by atoms with E-state index in [1.807, 2.05) is 37.3 Å². The molecule has 4 rings (SSSR count). The summed E-state index contributed by atoms with van der Waals surface area (Å²) in [5, 5.41) is 11.4. The van der Waals surface area contributed by atoms with Crippen LogP contribution in [0.4, 0.5) is 5.69 Å². The minimum atomic E-state index is -1.89. The molecule has 0 fully saturated rings. The molecule has 1 aliphatic heterocycles. The predicted molar refractivity (Wildman–Crippen MR) is 115 cm³/mol. The van der Waals surface area contributed by atoms with Gasteiger partial charge in [0, 0.05) is 11.1 Å². The molecule has 1 heterocycles. The van der Waals surface area contributed by atoms with Crippen LogP contribution in [0, 0.1) is 6.92 Å². The van der Waals surface area contributed by atoms with E-state index in [0.717, 1.165) is 11.1 Å². The largest absolute Gasteiger partial charge is 0.497 e. The number of aryl methyl sites for hydroxylation is 1. The fourth-order valence-corrected chi connectivity index (χ4v) is 3.90. The van der Waals surface area contributed by atoms with Crippen molar-refractivity contribution in [2.24, 2.45) is 0 Å². The van der Waals surface area contributed by atoms with Crippen molar-refractivity contribution < 1.29 is 19.4 Å². The highest BCUT2D eigenvalue weighted by Gasteiger charge is 2.50. The summed E-state index contributed by atoms with van der Waals surface area (Å²) in [6.07, 6.45) is -0.320. The Kier molecular flexibility index (Phi) is 5.14. The Morgan fingerprint density at radius 2 is 1.67 bits per heavy atom. The molecule has 5 nitrogen and oxygen atoms in total. The van der Waals surface area contributed by atoms with Crippen LogP contribution in [0.25, 0.3) is 0 Å². The first-order chi connectivity index (χ1) is 14.4. The fourth-order valence-electron chi connectivity index (χ4n) is 3.90. The zero-order valence-electron chi connectivity index (χ0n) is 17.0. The molecule has 0 unspecified atom stereocenters. The molecule has 0 aliphatic carbocycles. The fraction of sp³-hybridized carbons (Fsp3) is 0.200. The third-order valence-electron chi connectivity index (χ3n) is 5.66. The van der Waals surface area contributed by atoms with Gasteiger partial charge in [0.1, 0.15) is 5.75 Å². The van der Waals surface area contributed by atoms with Gasteiger partial charge in [0.15, 0.2) is 11.4 Å². The molecule has 1 N–H and O–H groups in total. The minimum Gasteiger partial charge on any atom is -0.497 e. The Bertz CT molecular complexity index is 1110. The number of carbonyl (C=O) groups is 2. The lowest BCUT2D eigenvalue weighted by molar-refractivity contribution is -0.136. The molecule has 152 valence electrons. The average molecular weight is 401 g/mol. The van der Waals surface area contributed by atoms with Gasteiger partial charge in [-0.2, -0.15) is 0 Å². The van der Waals surface area contributed by atoms with Gasteiger partial charge < -0.3 is 14.7 Å². The zero-order valence-corrected chi connectivity index (χ0v) is 17.0. The first kappa shape index (κ1) is 19.9. The van der Waals surface area contributed by atoms with E-state index in [0.29, 0.717) is 29.1 Å². The molecule has 0 bridgehead atoms. The number of ketones is 1. The number of amides is 1. The van der Waals surface area contributed by atoms with Crippen LogP contribution in [0.3, 0.4) is 0 Å². The van der Waals surface area contributed by atoms with Crippen molar-refractivity contribution in [2.45, 2.75) is 25.5 Å². The van der Waals surface area contributed by atoms with Gasteiger partial charge in [-0.05, 0) is 48.4 Å². The average Bonchev–Trinajstić information content (AvgIpc) is 2.97. The number of methoxy groups -OCH3 is 1. The second kappa shape index (κ2) is 7.76. The monoisotopic (exact) mass is 401 g/mol. The third-order valence-corrected chi connectivity index (χ3v) is 5.66. The van der Waals surface area contributed by atoms with Gasteiger partial charge in [-0.25, -0.2) is 0 Å². The van der Waals surface area contributed by atoms with Crippen LogP contribution in [0.2, 0.25) is 0 Å². The number of carbonyl (C=O) groups excluding carboxylic acids is 2. The van der Waals surface area contributed by atoms with Crippen LogP contribution in [0.15, 0.2) is 72.8 Å².